The molecule has 1 atom stereocenters. The van der Waals surface area contributed by atoms with Crippen LogP contribution >= 0.6 is 0 Å². The summed E-state index contributed by atoms with van der Waals surface area (Å²) in [5.74, 6) is -0.180. The monoisotopic (exact) mass is 336 g/mol. The Kier molecular flexibility index (Phi) is 5.49. The Hall–Kier alpha value is -2.62. The van der Waals surface area contributed by atoms with E-state index in [-0.39, 0.29) is 24.4 Å². The first-order valence-electron chi connectivity index (χ1n) is 8.79. The van der Waals surface area contributed by atoms with Crippen LogP contribution in [0.15, 0.2) is 54.6 Å². The number of likely N-dealkylation sites (N-methyl/N-ethyl adjacent to an activating group) is 1. The summed E-state index contributed by atoms with van der Waals surface area (Å²) in [6, 6.07) is 18.0. The van der Waals surface area contributed by atoms with Crippen molar-refractivity contribution in [3.05, 3.63) is 71.3 Å². The summed E-state index contributed by atoms with van der Waals surface area (Å²) in [5.41, 5.74) is 3.51. The van der Waals surface area contributed by atoms with E-state index in [1.54, 1.807) is 4.90 Å². The summed E-state index contributed by atoms with van der Waals surface area (Å²) < 4.78 is 0. The molecule has 0 aliphatic heterocycles. The van der Waals surface area contributed by atoms with Crippen molar-refractivity contribution in [1.29, 1.82) is 0 Å². The van der Waals surface area contributed by atoms with E-state index >= 15 is 0 Å². The minimum atomic E-state index is -0.128. The van der Waals surface area contributed by atoms with E-state index in [2.05, 4.69) is 17.4 Å². The summed E-state index contributed by atoms with van der Waals surface area (Å²) in [4.78, 5) is 26.3. The van der Waals surface area contributed by atoms with E-state index in [4.69, 9.17) is 0 Å². The molecule has 2 amide bonds. The molecule has 0 aromatic heterocycles. The van der Waals surface area contributed by atoms with Gasteiger partial charge < -0.3 is 10.2 Å². The Labute approximate surface area is 148 Å². The van der Waals surface area contributed by atoms with Gasteiger partial charge in [0, 0.05) is 7.05 Å². The summed E-state index contributed by atoms with van der Waals surface area (Å²) in [7, 11) is 1.83. The van der Waals surface area contributed by atoms with E-state index in [1.807, 2.05) is 49.5 Å². The second-order valence-electron chi connectivity index (χ2n) is 6.55. The van der Waals surface area contributed by atoms with Crippen LogP contribution in [0.5, 0.6) is 0 Å². The lowest BCUT2D eigenvalue weighted by molar-refractivity contribution is -0.133. The highest BCUT2D eigenvalue weighted by atomic mass is 16.2. The minimum absolute atomic E-state index is 0.0425. The maximum Gasteiger partial charge on any atom is 0.242 e. The van der Waals surface area contributed by atoms with E-state index in [1.165, 1.54) is 11.1 Å². The SMILES string of the molecule is CN(C(=O)CNC(=O)Cc1ccccc1)C1CCCc2ccccc21. The molecule has 1 unspecified atom stereocenters. The lowest BCUT2D eigenvalue weighted by Crippen LogP contribution is -2.41. The molecule has 4 nitrogen and oxygen atoms in total. The topological polar surface area (TPSA) is 49.4 Å². The molecule has 2 aromatic carbocycles. The molecule has 1 aliphatic rings. The third-order valence-electron chi connectivity index (χ3n) is 4.84. The summed E-state index contributed by atoms with van der Waals surface area (Å²) in [5, 5.41) is 2.74. The fraction of sp³-hybridized carbons (Fsp3) is 0.333. The van der Waals surface area contributed by atoms with Crippen LogP contribution in [0.4, 0.5) is 0 Å². The first-order valence-corrected chi connectivity index (χ1v) is 8.79. The van der Waals surface area contributed by atoms with Crippen LogP contribution in [0.2, 0.25) is 0 Å². The van der Waals surface area contributed by atoms with Gasteiger partial charge in [-0.1, -0.05) is 54.6 Å². The molecule has 1 aliphatic carbocycles. The van der Waals surface area contributed by atoms with Gasteiger partial charge in [-0.25, -0.2) is 0 Å². The highest BCUT2D eigenvalue weighted by Crippen LogP contribution is 2.33. The number of nitrogens with zero attached hydrogens (tertiary/aromatic N) is 1. The number of amides is 2. The fourth-order valence-electron chi connectivity index (χ4n) is 3.45. The summed E-state index contributed by atoms with van der Waals surface area (Å²) in [6.07, 6.45) is 3.42. The summed E-state index contributed by atoms with van der Waals surface area (Å²) in [6.45, 7) is 0.0425. The van der Waals surface area contributed by atoms with Crippen molar-refractivity contribution >= 4 is 11.8 Å². The van der Waals surface area contributed by atoms with Crippen molar-refractivity contribution in [2.75, 3.05) is 13.6 Å². The van der Waals surface area contributed by atoms with Gasteiger partial charge in [0.05, 0.1) is 19.0 Å². The van der Waals surface area contributed by atoms with Crippen LogP contribution in [0.3, 0.4) is 0 Å². The van der Waals surface area contributed by atoms with Crippen molar-refractivity contribution < 1.29 is 9.59 Å². The standard InChI is InChI=1S/C21H24N2O2/c1-23(19-13-7-11-17-10-5-6-12-18(17)19)21(25)15-22-20(24)14-16-8-3-2-4-9-16/h2-6,8-10,12,19H,7,11,13-15H2,1H3,(H,22,24). The maximum atomic E-state index is 12.5. The van der Waals surface area contributed by atoms with Gasteiger partial charge in [-0.3, -0.25) is 9.59 Å². The zero-order valence-electron chi connectivity index (χ0n) is 14.6. The van der Waals surface area contributed by atoms with Crippen molar-refractivity contribution in [2.24, 2.45) is 0 Å². The maximum absolute atomic E-state index is 12.5. The number of hydrogen-bond donors (Lipinski definition) is 1. The number of carbonyl (C=O) groups excluding carboxylic acids is 2. The molecule has 3 rings (SSSR count). The lowest BCUT2D eigenvalue weighted by Gasteiger charge is -2.33. The number of nitrogens with one attached hydrogen (secondary N) is 1. The Morgan fingerprint density at radius 3 is 2.60 bits per heavy atom. The van der Waals surface area contributed by atoms with Crippen LogP contribution in [0.25, 0.3) is 0 Å². The van der Waals surface area contributed by atoms with Crippen LogP contribution in [0, 0.1) is 0 Å². The van der Waals surface area contributed by atoms with Crippen LogP contribution < -0.4 is 5.32 Å². The van der Waals surface area contributed by atoms with E-state index in [0.717, 1.165) is 24.8 Å². The largest absolute Gasteiger partial charge is 0.347 e. The van der Waals surface area contributed by atoms with Gasteiger partial charge in [0.2, 0.25) is 11.8 Å². The van der Waals surface area contributed by atoms with Gasteiger partial charge in [-0.15, -0.1) is 0 Å². The van der Waals surface area contributed by atoms with Gasteiger partial charge in [0.1, 0.15) is 0 Å². The molecule has 2 aromatic rings. The summed E-state index contributed by atoms with van der Waals surface area (Å²) >= 11 is 0. The number of hydrogen-bond acceptors (Lipinski definition) is 2. The number of carbonyl (C=O) groups is 2. The Bertz CT molecular complexity index is 743. The van der Waals surface area contributed by atoms with Crippen LogP contribution in [-0.2, 0) is 22.4 Å². The predicted octanol–water partition coefficient (Wildman–Crippen LogP) is 2.88. The zero-order chi connectivity index (χ0) is 17.6. The third-order valence-corrected chi connectivity index (χ3v) is 4.84. The van der Waals surface area contributed by atoms with E-state index < -0.39 is 0 Å². The van der Waals surface area contributed by atoms with Crippen molar-refractivity contribution in [1.82, 2.24) is 10.2 Å². The van der Waals surface area contributed by atoms with Gasteiger partial charge in [-0.05, 0) is 36.0 Å². The van der Waals surface area contributed by atoms with Crippen LogP contribution in [0.1, 0.15) is 35.6 Å². The molecule has 0 saturated carbocycles. The van der Waals surface area contributed by atoms with Crippen molar-refractivity contribution in [3.8, 4) is 0 Å². The van der Waals surface area contributed by atoms with Gasteiger partial charge in [0.25, 0.3) is 0 Å². The molecule has 25 heavy (non-hydrogen) atoms. The molecule has 0 saturated heterocycles. The molecule has 0 radical (unpaired) electrons. The first-order chi connectivity index (χ1) is 12.1. The molecular weight excluding hydrogens is 312 g/mol. The fourth-order valence-corrected chi connectivity index (χ4v) is 3.45. The lowest BCUT2D eigenvalue weighted by atomic mass is 9.87. The van der Waals surface area contributed by atoms with Crippen molar-refractivity contribution in [2.45, 2.75) is 31.7 Å². The smallest absolute Gasteiger partial charge is 0.242 e. The average molecular weight is 336 g/mol. The molecule has 0 bridgehead atoms. The molecule has 1 N–H and O–H groups in total. The normalized spacial score (nSPS) is 16.0. The highest BCUT2D eigenvalue weighted by molar-refractivity contribution is 5.85. The van der Waals surface area contributed by atoms with Crippen LogP contribution in [-0.4, -0.2) is 30.3 Å². The van der Waals surface area contributed by atoms with Gasteiger partial charge in [-0.2, -0.15) is 0 Å². The minimum Gasteiger partial charge on any atom is -0.347 e. The van der Waals surface area contributed by atoms with E-state index in [0.29, 0.717) is 6.42 Å². The molecule has 0 fully saturated rings. The Balaban J connectivity index is 1.56. The second kappa shape index (κ2) is 7.97. The van der Waals surface area contributed by atoms with Gasteiger partial charge >= 0.3 is 0 Å². The van der Waals surface area contributed by atoms with E-state index in [9.17, 15) is 9.59 Å². The predicted molar refractivity (Wildman–Crippen MR) is 98.0 cm³/mol. The average Bonchev–Trinajstić information content (AvgIpc) is 2.66. The van der Waals surface area contributed by atoms with Gasteiger partial charge in [0.15, 0.2) is 0 Å². The number of fused-ring (bicyclic) bond motifs is 1. The Morgan fingerprint density at radius 1 is 1.08 bits per heavy atom. The first kappa shape index (κ1) is 17.2. The second-order valence-corrected chi connectivity index (χ2v) is 6.55. The molecule has 130 valence electrons. The third kappa shape index (κ3) is 4.27. The molecule has 0 spiro atoms. The quantitative estimate of drug-likeness (QED) is 0.913. The molecule has 4 heteroatoms. The molecule has 0 heterocycles. The van der Waals surface area contributed by atoms with Crippen molar-refractivity contribution in [3.63, 3.8) is 0 Å². The number of rotatable bonds is 5. The zero-order valence-corrected chi connectivity index (χ0v) is 14.6. The number of aryl methyl sites for hydroxylation is 1. The number of benzene rings is 2. The molecular formula is C21H24N2O2. The highest BCUT2D eigenvalue weighted by Gasteiger charge is 2.26. The Morgan fingerprint density at radius 2 is 1.80 bits per heavy atom.